The van der Waals surface area contributed by atoms with Crippen LogP contribution in [-0.2, 0) is 47.5 Å². The lowest BCUT2D eigenvalue weighted by molar-refractivity contribution is -0.389. The Morgan fingerprint density at radius 1 is 0.649 bits per heavy atom. The molecule has 3 saturated carbocycles. The highest BCUT2D eigenvalue weighted by Gasteiger charge is 2.63. The molecule has 8 rings (SSSR count). The molecule has 9 unspecified atom stereocenters. The van der Waals surface area contributed by atoms with Crippen LogP contribution in [0.15, 0.2) is 11.6 Å². The second-order valence-electron chi connectivity index (χ2n) is 23.2. The smallest absolute Gasteiger partial charge is 0.187 e. The van der Waals surface area contributed by atoms with E-state index in [4.69, 9.17) is 37.9 Å². The van der Waals surface area contributed by atoms with E-state index in [1.807, 2.05) is 13.8 Å². The predicted molar refractivity (Wildman–Crippen MR) is 250 cm³/mol. The third-order valence-electron chi connectivity index (χ3n) is 18.6. The van der Waals surface area contributed by atoms with Crippen LogP contribution in [0.4, 0.5) is 0 Å². The summed E-state index contributed by atoms with van der Waals surface area (Å²) in [6.07, 6.45) is -24.0. The van der Waals surface area contributed by atoms with Gasteiger partial charge in [-0.15, -0.1) is 0 Å². The normalized spacial score (nSPS) is 50.5. The summed E-state index contributed by atoms with van der Waals surface area (Å²) in [6, 6.07) is 0. The van der Waals surface area contributed by atoms with Gasteiger partial charge in [-0.2, -0.15) is 0 Å². The van der Waals surface area contributed by atoms with Crippen LogP contribution < -0.4 is 0 Å². The molecule has 29 atom stereocenters. The third kappa shape index (κ3) is 11.0. The first-order valence-corrected chi connectivity index (χ1v) is 26.6. The van der Waals surface area contributed by atoms with Crippen molar-refractivity contribution in [3.8, 4) is 0 Å². The fourth-order valence-electron chi connectivity index (χ4n) is 14.0. The maximum absolute atomic E-state index is 14.1. The van der Waals surface area contributed by atoms with Crippen molar-refractivity contribution in [1.29, 1.82) is 0 Å². The van der Waals surface area contributed by atoms with Gasteiger partial charge in [0.25, 0.3) is 0 Å². The molecular formula is C51H82O23. The molecule has 4 aliphatic carbocycles. The molecule has 0 aromatic carbocycles. The average Bonchev–Trinajstić information content (AvgIpc) is 3.66. The molecule has 4 saturated heterocycles. The number of aliphatic hydroxyl groups is 13. The van der Waals surface area contributed by atoms with Crippen molar-refractivity contribution < 1.29 is 114 Å². The Morgan fingerprint density at radius 3 is 1.85 bits per heavy atom. The maximum Gasteiger partial charge on any atom is 0.187 e. The maximum atomic E-state index is 14.1. The molecule has 0 amide bonds. The van der Waals surface area contributed by atoms with Gasteiger partial charge in [0.15, 0.2) is 25.2 Å². The van der Waals surface area contributed by atoms with Crippen LogP contribution in [0.25, 0.3) is 0 Å². The molecule has 23 nitrogen and oxygen atoms in total. The van der Waals surface area contributed by atoms with Gasteiger partial charge < -0.3 is 104 Å². The average molecular weight is 1060 g/mol. The van der Waals surface area contributed by atoms with Crippen LogP contribution in [-0.4, -0.2) is 233 Å². The summed E-state index contributed by atoms with van der Waals surface area (Å²) in [5.41, 5.74) is 0.520. The van der Waals surface area contributed by atoms with Gasteiger partial charge in [-0.1, -0.05) is 39.3 Å². The molecule has 0 aromatic rings. The number of hydrogen-bond acceptors (Lipinski definition) is 23. The lowest BCUT2D eigenvalue weighted by atomic mass is 9.47. The summed E-state index contributed by atoms with van der Waals surface area (Å²) in [6.45, 7) is 7.62. The molecule has 8 aliphatic rings. The second kappa shape index (κ2) is 23.5. The molecule has 7 fully saturated rings. The van der Waals surface area contributed by atoms with Crippen molar-refractivity contribution in [2.24, 2.45) is 46.3 Å². The number of fused-ring (bicyclic) bond motifs is 5. The first-order chi connectivity index (χ1) is 35.0. The predicted octanol–water partition coefficient (Wildman–Crippen LogP) is -2.96. The number of rotatable bonds is 17. The van der Waals surface area contributed by atoms with Gasteiger partial charge in [0.2, 0.25) is 0 Å². The summed E-state index contributed by atoms with van der Waals surface area (Å²) in [7, 11) is 0. The number of Topliss-reactive ketones (excluding diaryl/α,β-unsaturated/α-hetero) is 2. The summed E-state index contributed by atoms with van der Waals surface area (Å²) >= 11 is 0. The highest BCUT2D eigenvalue weighted by atomic mass is 16.8. The van der Waals surface area contributed by atoms with Gasteiger partial charge in [-0.05, 0) is 86.4 Å². The Labute approximate surface area is 430 Å². The molecular weight excluding hydrogens is 981 g/mol. The van der Waals surface area contributed by atoms with E-state index in [1.165, 1.54) is 12.5 Å². The highest BCUT2D eigenvalue weighted by Crippen LogP contribution is 2.66. The van der Waals surface area contributed by atoms with Gasteiger partial charge in [0.05, 0.1) is 38.6 Å². The minimum atomic E-state index is -1.87. The van der Waals surface area contributed by atoms with Crippen LogP contribution in [0.2, 0.25) is 0 Å². The fourth-order valence-corrected chi connectivity index (χ4v) is 14.0. The summed E-state index contributed by atoms with van der Waals surface area (Å²) in [5, 5.41) is 136. The topological polar surface area (TPSA) is 371 Å². The van der Waals surface area contributed by atoms with E-state index in [2.05, 4.69) is 19.9 Å². The number of ketones is 2. The highest BCUT2D eigenvalue weighted by molar-refractivity contribution is 5.92. The first kappa shape index (κ1) is 58.4. The largest absolute Gasteiger partial charge is 0.394 e. The molecule has 424 valence electrons. The van der Waals surface area contributed by atoms with Crippen molar-refractivity contribution in [3.05, 3.63) is 11.6 Å². The molecule has 0 aromatic heterocycles. The van der Waals surface area contributed by atoms with Crippen molar-refractivity contribution in [2.45, 2.75) is 221 Å². The van der Waals surface area contributed by atoms with Gasteiger partial charge in [0, 0.05) is 24.7 Å². The van der Waals surface area contributed by atoms with Gasteiger partial charge >= 0.3 is 0 Å². The van der Waals surface area contributed by atoms with Crippen LogP contribution in [0.3, 0.4) is 0 Å². The number of allylic oxidation sites excluding steroid dienone is 1. The van der Waals surface area contributed by atoms with E-state index in [9.17, 15) is 76.0 Å². The first-order valence-electron chi connectivity index (χ1n) is 26.6. The molecule has 13 N–H and O–H groups in total. The van der Waals surface area contributed by atoms with Gasteiger partial charge in [-0.25, -0.2) is 0 Å². The van der Waals surface area contributed by atoms with Crippen molar-refractivity contribution in [2.75, 3.05) is 26.4 Å². The van der Waals surface area contributed by atoms with Crippen LogP contribution in [0.1, 0.15) is 92.4 Å². The van der Waals surface area contributed by atoms with Crippen LogP contribution in [0.5, 0.6) is 0 Å². The van der Waals surface area contributed by atoms with Crippen molar-refractivity contribution in [1.82, 2.24) is 0 Å². The molecule has 0 radical (unpaired) electrons. The zero-order chi connectivity index (χ0) is 53.9. The van der Waals surface area contributed by atoms with E-state index in [0.29, 0.717) is 38.5 Å². The van der Waals surface area contributed by atoms with E-state index >= 15 is 0 Å². The Morgan fingerprint density at radius 2 is 1.22 bits per heavy atom. The third-order valence-corrected chi connectivity index (χ3v) is 18.6. The van der Waals surface area contributed by atoms with Crippen LogP contribution >= 0.6 is 0 Å². The number of carbonyl (C=O) groups excluding carboxylic acids is 2. The molecule has 0 spiro atoms. The molecule has 4 heterocycles. The van der Waals surface area contributed by atoms with E-state index in [-0.39, 0.29) is 53.7 Å². The monoisotopic (exact) mass is 1060 g/mol. The fraction of sp³-hybridized carbons (Fsp3) is 0.922. The Kier molecular flexibility index (Phi) is 18.6. The number of aliphatic hydroxyl groups excluding tert-OH is 13. The summed E-state index contributed by atoms with van der Waals surface area (Å²) < 4.78 is 47.4. The lowest BCUT2D eigenvalue weighted by Gasteiger charge is -2.58. The minimum absolute atomic E-state index is 0.0131. The van der Waals surface area contributed by atoms with E-state index < -0.39 is 166 Å². The zero-order valence-corrected chi connectivity index (χ0v) is 42.8. The SMILES string of the molecule is CC1O[C@@H](OC2[C@H](OC3CC[C@@]4(C)C(=CC[C@H]5[C@@H]6CC(=O)[C@H]([C@H](C)C(=O)CC[C@@H](C)CO[C@@H]7OC(CO)[C@@H](O)[C@H](O)C7O)[C@@]6(C)CC[C@@H]54)C3)OC(CO)[C@@H](O[C@@H]3OC(CO)[C@@H](O)[C@H](O)C3O)[C@@H]2O)C(O)[C@@H](O)[C@H]1O. The summed E-state index contributed by atoms with van der Waals surface area (Å²) in [5.74, 6) is -0.523. The van der Waals surface area contributed by atoms with Crippen LogP contribution in [0, 0.1) is 46.3 Å². The Balaban J connectivity index is 0.919. The molecule has 23 heteroatoms. The number of carbonyl (C=O) groups is 2. The lowest BCUT2D eigenvalue weighted by Crippen LogP contribution is -2.67. The second-order valence-corrected chi connectivity index (χ2v) is 23.2. The molecule has 4 aliphatic heterocycles. The molecule has 0 bridgehead atoms. The van der Waals surface area contributed by atoms with E-state index in [1.54, 1.807) is 0 Å². The number of hydrogen-bond donors (Lipinski definition) is 13. The summed E-state index contributed by atoms with van der Waals surface area (Å²) in [4.78, 5) is 28.0. The minimum Gasteiger partial charge on any atom is -0.394 e. The standard InChI is InChI=1S/C51H82O23/c1-20(19-67-46-40(63)38(61)35(58)30(16-52)70-46)6-9-28(55)21(2)33-29(56)15-27-25-8-7-23-14-24(10-12-50(23,4)26(25)11-13-51(27,33)5)69-49-45(74-47-41(64)37(60)34(57)22(3)68-47)43(66)44(32(18-54)72-49)73-48-42(65)39(62)36(59)31(17-53)71-48/h7,20-22,24-27,30-49,52-54,57-66H,6,8-19H2,1-5H3/t20-,21-,22?,24?,25-,26+,27+,30?,31?,32?,33+,34+,35-,36-,37+,38+,39+,40?,41?,42?,43+,44-,45?,46-,47+,48+,49-,50+,51+/m1/s1. The number of ether oxygens (including phenoxy) is 8. The van der Waals surface area contributed by atoms with Crippen molar-refractivity contribution >= 4 is 11.6 Å². The van der Waals surface area contributed by atoms with Crippen molar-refractivity contribution in [3.63, 3.8) is 0 Å². The Bertz CT molecular complexity index is 1940. The van der Waals surface area contributed by atoms with Gasteiger partial charge in [0.1, 0.15) is 103 Å². The zero-order valence-electron chi connectivity index (χ0n) is 42.8. The van der Waals surface area contributed by atoms with Gasteiger partial charge in [-0.3, -0.25) is 9.59 Å². The van der Waals surface area contributed by atoms with E-state index in [0.717, 1.165) is 12.8 Å². The Hall–Kier alpha value is -1.76. The molecule has 74 heavy (non-hydrogen) atoms. The quantitative estimate of drug-likeness (QED) is 0.0648.